The smallest absolute Gasteiger partial charge is 0.191 e. The SMILES string of the molecule is Cc1nnc(CN=C(NCCCN(C)c2ccccc2)NC2CN(C(C)C)CC2C)n1C.I. The van der Waals surface area contributed by atoms with Crippen molar-refractivity contribution in [2.75, 3.05) is 38.1 Å². The number of hydrogen-bond donors (Lipinski definition) is 2. The minimum absolute atomic E-state index is 0. The van der Waals surface area contributed by atoms with E-state index in [0.29, 0.717) is 24.5 Å². The van der Waals surface area contributed by atoms with Gasteiger partial charge >= 0.3 is 0 Å². The van der Waals surface area contributed by atoms with Gasteiger partial charge in [0.15, 0.2) is 11.8 Å². The molecule has 9 heteroatoms. The highest BCUT2D eigenvalue weighted by Gasteiger charge is 2.31. The summed E-state index contributed by atoms with van der Waals surface area (Å²) in [5, 5.41) is 15.7. The van der Waals surface area contributed by atoms with Gasteiger partial charge < -0.3 is 20.1 Å². The van der Waals surface area contributed by atoms with Crippen molar-refractivity contribution < 1.29 is 0 Å². The molecule has 2 aromatic rings. The fraction of sp³-hybridized carbons (Fsp3) is 0.625. The zero-order valence-corrected chi connectivity index (χ0v) is 23.3. The highest BCUT2D eigenvalue weighted by molar-refractivity contribution is 14.0. The predicted molar refractivity (Wildman–Crippen MR) is 147 cm³/mol. The molecule has 2 atom stereocenters. The van der Waals surface area contributed by atoms with Gasteiger partial charge in [0, 0.05) is 58.0 Å². The van der Waals surface area contributed by atoms with Crippen molar-refractivity contribution >= 4 is 35.6 Å². The molecule has 1 aliphatic rings. The van der Waals surface area contributed by atoms with E-state index >= 15 is 0 Å². The molecule has 0 aliphatic carbocycles. The van der Waals surface area contributed by atoms with Crippen LogP contribution in [0.1, 0.15) is 38.8 Å². The van der Waals surface area contributed by atoms with E-state index in [0.717, 1.165) is 50.2 Å². The molecule has 8 nitrogen and oxygen atoms in total. The van der Waals surface area contributed by atoms with E-state index < -0.39 is 0 Å². The second-order valence-electron chi connectivity index (χ2n) is 9.20. The summed E-state index contributed by atoms with van der Waals surface area (Å²) in [4.78, 5) is 9.66. The predicted octanol–water partition coefficient (Wildman–Crippen LogP) is 3.03. The number of rotatable bonds is 9. The number of likely N-dealkylation sites (tertiary alicyclic amines) is 1. The van der Waals surface area contributed by atoms with Crippen molar-refractivity contribution in [1.82, 2.24) is 30.3 Å². The second kappa shape index (κ2) is 13.1. The molecule has 3 rings (SSSR count). The van der Waals surface area contributed by atoms with Crippen LogP contribution in [0.2, 0.25) is 0 Å². The third kappa shape index (κ3) is 7.84. The lowest BCUT2D eigenvalue weighted by atomic mass is 10.1. The van der Waals surface area contributed by atoms with Crippen molar-refractivity contribution in [3.05, 3.63) is 42.0 Å². The molecule has 184 valence electrons. The number of aromatic nitrogens is 3. The topological polar surface area (TPSA) is 73.6 Å². The molecule has 1 saturated heterocycles. The summed E-state index contributed by atoms with van der Waals surface area (Å²) >= 11 is 0. The molecular weight excluding hydrogens is 527 g/mol. The highest BCUT2D eigenvalue weighted by atomic mass is 127. The first kappa shape index (κ1) is 27.4. The van der Waals surface area contributed by atoms with E-state index in [-0.39, 0.29) is 24.0 Å². The standard InChI is InChI=1S/C24H40N8.HI/c1-18(2)32-16-19(3)22(17-32)27-24(26-15-23-29-28-20(4)31(23)6)25-13-10-14-30(5)21-11-8-7-9-12-21;/h7-9,11-12,18-19,22H,10,13-17H2,1-6H3,(H2,25,26,27);1H. The zero-order valence-electron chi connectivity index (χ0n) is 21.0. The maximum absolute atomic E-state index is 4.85. The van der Waals surface area contributed by atoms with Crippen LogP contribution in [0.15, 0.2) is 35.3 Å². The first-order chi connectivity index (χ1) is 15.3. The Morgan fingerprint density at radius 3 is 2.55 bits per heavy atom. The summed E-state index contributed by atoms with van der Waals surface area (Å²) in [6.45, 7) is 13.3. The van der Waals surface area contributed by atoms with Gasteiger partial charge in [0.1, 0.15) is 12.4 Å². The molecule has 2 unspecified atom stereocenters. The summed E-state index contributed by atoms with van der Waals surface area (Å²) < 4.78 is 1.99. The third-order valence-corrected chi connectivity index (χ3v) is 6.41. The van der Waals surface area contributed by atoms with Crippen LogP contribution >= 0.6 is 24.0 Å². The van der Waals surface area contributed by atoms with Gasteiger partial charge in [-0.15, -0.1) is 34.2 Å². The summed E-state index contributed by atoms with van der Waals surface area (Å²) in [6, 6.07) is 11.5. The largest absolute Gasteiger partial charge is 0.375 e. The number of halogens is 1. The van der Waals surface area contributed by atoms with Gasteiger partial charge in [-0.25, -0.2) is 4.99 Å². The Morgan fingerprint density at radius 1 is 1.21 bits per heavy atom. The second-order valence-corrected chi connectivity index (χ2v) is 9.20. The van der Waals surface area contributed by atoms with Crippen molar-refractivity contribution in [2.45, 2.75) is 52.7 Å². The van der Waals surface area contributed by atoms with Crippen LogP contribution in [0.25, 0.3) is 0 Å². The van der Waals surface area contributed by atoms with Gasteiger partial charge in [0.25, 0.3) is 0 Å². The maximum atomic E-state index is 4.85. The molecule has 1 aromatic carbocycles. The molecule has 0 spiro atoms. The van der Waals surface area contributed by atoms with Crippen molar-refractivity contribution in [1.29, 1.82) is 0 Å². The van der Waals surface area contributed by atoms with Gasteiger partial charge in [0.2, 0.25) is 0 Å². The fourth-order valence-electron chi connectivity index (χ4n) is 4.02. The Labute approximate surface area is 216 Å². The molecule has 2 N–H and O–H groups in total. The number of nitrogens with one attached hydrogen (secondary N) is 2. The lowest BCUT2D eigenvalue weighted by Gasteiger charge is -2.23. The van der Waals surface area contributed by atoms with E-state index in [2.05, 4.69) is 88.8 Å². The molecule has 33 heavy (non-hydrogen) atoms. The Hall–Kier alpha value is -1.88. The third-order valence-electron chi connectivity index (χ3n) is 6.41. The fourth-order valence-corrected chi connectivity index (χ4v) is 4.02. The molecule has 2 heterocycles. The zero-order chi connectivity index (χ0) is 23.1. The van der Waals surface area contributed by atoms with Gasteiger partial charge in [0.05, 0.1) is 0 Å². The summed E-state index contributed by atoms with van der Waals surface area (Å²) in [7, 11) is 4.12. The van der Waals surface area contributed by atoms with E-state index in [9.17, 15) is 0 Å². The van der Waals surface area contributed by atoms with Crippen LogP contribution in [0.4, 0.5) is 5.69 Å². The number of anilines is 1. The van der Waals surface area contributed by atoms with Crippen molar-refractivity contribution in [3.8, 4) is 0 Å². The number of benzene rings is 1. The van der Waals surface area contributed by atoms with Crippen LogP contribution in [0.3, 0.4) is 0 Å². The summed E-state index contributed by atoms with van der Waals surface area (Å²) in [5.74, 6) is 3.20. The minimum atomic E-state index is 0. The first-order valence-corrected chi connectivity index (χ1v) is 11.7. The van der Waals surface area contributed by atoms with E-state index in [1.54, 1.807) is 0 Å². The van der Waals surface area contributed by atoms with Crippen LogP contribution in [0.5, 0.6) is 0 Å². The normalized spacial score (nSPS) is 18.9. The molecule has 0 amide bonds. The van der Waals surface area contributed by atoms with Crippen LogP contribution in [-0.2, 0) is 13.6 Å². The van der Waals surface area contributed by atoms with Crippen LogP contribution < -0.4 is 15.5 Å². The summed E-state index contributed by atoms with van der Waals surface area (Å²) in [6.07, 6.45) is 1.02. The Bertz CT molecular complexity index is 867. The van der Waals surface area contributed by atoms with Gasteiger partial charge in [-0.2, -0.15) is 0 Å². The van der Waals surface area contributed by atoms with Crippen LogP contribution in [-0.4, -0.2) is 70.9 Å². The monoisotopic (exact) mass is 568 g/mol. The van der Waals surface area contributed by atoms with Gasteiger partial charge in [-0.1, -0.05) is 25.1 Å². The number of nitrogens with zero attached hydrogens (tertiary/aromatic N) is 6. The van der Waals surface area contributed by atoms with Gasteiger partial charge in [-0.05, 0) is 45.2 Å². The quantitative estimate of drug-likeness (QED) is 0.210. The molecule has 0 radical (unpaired) electrons. The van der Waals surface area contributed by atoms with Crippen LogP contribution in [0, 0.1) is 12.8 Å². The number of aryl methyl sites for hydroxylation is 1. The minimum Gasteiger partial charge on any atom is -0.375 e. The number of guanidine groups is 1. The summed E-state index contributed by atoms with van der Waals surface area (Å²) in [5.41, 5.74) is 1.24. The van der Waals surface area contributed by atoms with Crippen molar-refractivity contribution in [3.63, 3.8) is 0 Å². The lowest BCUT2D eigenvalue weighted by Crippen LogP contribution is -2.47. The molecular formula is C24H41IN8. The number of hydrogen-bond acceptors (Lipinski definition) is 5. The first-order valence-electron chi connectivity index (χ1n) is 11.7. The molecule has 1 fully saturated rings. The molecule has 0 bridgehead atoms. The highest BCUT2D eigenvalue weighted by Crippen LogP contribution is 2.18. The van der Waals surface area contributed by atoms with Gasteiger partial charge in [-0.3, -0.25) is 4.90 Å². The maximum Gasteiger partial charge on any atom is 0.191 e. The van der Waals surface area contributed by atoms with Crippen molar-refractivity contribution in [2.24, 2.45) is 18.0 Å². The average molecular weight is 569 g/mol. The van der Waals surface area contributed by atoms with E-state index in [1.165, 1.54) is 5.69 Å². The lowest BCUT2D eigenvalue weighted by molar-refractivity contribution is 0.265. The molecule has 1 aromatic heterocycles. The Balaban J connectivity index is 0.00000385. The average Bonchev–Trinajstić information content (AvgIpc) is 3.31. The molecule has 1 aliphatic heterocycles. The van der Waals surface area contributed by atoms with E-state index in [4.69, 9.17) is 4.99 Å². The molecule has 0 saturated carbocycles. The number of para-hydroxylation sites is 1. The number of aliphatic imine (C=N–C) groups is 1. The Kier molecular flexibility index (Phi) is 10.9. The van der Waals surface area contributed by atoms with E-state index in [1.807, 2.05) is 18.5 Å². The Morgan fingerprint density at radius 2 is 1.94 bits per heavy atom.